The highest BCUT2D eigenvalue weighted by Gasteiger charge is 2.62. The smallest absolute Gasteiger partial charge is 0.302 e. The average Bonchev–Trinajstić information content (AvgIpc) is 2.93. The number of Topliss-reactive ketones (excluding diaryl/α,β-unsaturated/α-hetero) is 1. The average molecular weight is 373 g/mol. The molecular formula is C23H32O4. The Morgan fingerprint density at radius 1 is 1.07 bits per heavy atom. The number of ether oxygens (including phenoxy) is 1. The van der Waals surface area contributed by atoms with Gasteiger partial charge in [-0.15, -0.1) is 0 Å². The fraction of sp³-hybridized carbons (Fsp3) is 0.783. The molecule has 4 heteroatoms. The van der Waals surface area contributed by atoms with Crippen LogP contribution in [0.1, 0.15) is 72.6 Å². The lowest BCUT2D eigenvalue weighted by Crippen LogP contribution is -2.56. The normalized spacial score (nSPS) is 46.0. The van der Waals surface area contributed by atoms with E-state index in [0.717, 1.165) is 38.5 Å². The summed E-state index contributed by atoms with van der Waals surface area (Å²) in [6, 6.07) is 0. The molecule has 0 aromatic carbocycles. The molecule has 3 saturated carbocycles. The van der Waals surface area contributed by atoms with Gasteiger partial charge in [-0.25, -0.2) is 0 Å². The van der Waals surface area contributed by atoms with E-state index in [1.54, 1.807) is 6.92 Å². The first-order chi connectivity index (χ1) is 12.7. The van der Waals surface area contributed by atoms with Gasteiger partial charge in [0.25, 0.3) is 0 Å². The Morgan fingerprint density at radius 3 is 2.48 bits per heavy atom. The summed E-state index contributed by atoms with van der Waals surface area (Å²) in [5.41, 5.74) is 1.07. The summed E-state index contributed by atoms with van der Waals surface area (Å²) in [7, 11) is 0. The van der Waals surface area contributed by atoms with Crippen LogP contribution in [0.4, 0.5) is 0 Å². The highest BCUT2D eigenvalue weighted by Crippen LogP contribution is 2.66. The van der Waals surface area contributed by atoms with Crippen molar-refractivity contribution >= 4 is 17.5 Å². The van der Waals surface area contributed by atoms with Crippen LogP contribution in [0.15, 0.2) is 11.6 Å². The van der Waals surface area contributed by atoms with Gasteiger partial charge in [0, 0.05) is 24.7 Å². The fourth-order valence-electron chi connectivity index (χ4n) is 7.62. The van der Waals surface area contributed by atoms with E-state index in [1.165, 1.54) is 12.5 Å². The number of carbonyl (C=O) groups excluding carboxylic acids is 3. The first-order valence-corrected chi connectivity index (χ1v) is 10.6. The van der Waals surface area contributed by atoms with Crippen molar-refractivity contribution in [1.82, 2.24) is 0 Å². The van der Waals surface area contributed by atoms with E-state index < -0.39 is 0 Å². The molecule has 0 spiro atoms. The highest BCUT2D eigenvalue weighted by molar-refractivity contribution is 5.92. The van der Waals surface area contributed by atoms with Gasteiger partial charge in [0.15, 0.2) is 5.78 Å². The standard InChI is InChI=1S/C23H32O4/c1-13(24)18-7-8-19-17-6-5-15-11-16(26)12-21(27-14(2)25)23(15,4)20(17)9-10-22(18,19)3/h11,17-21H,5-10,12H2,1-4H3/t17-,18+,19-,20-,21?,22+,23-/m1/s1. The number of esters is 1. The summed E-state index contributed by atoms with van der Waals surface area (Å²) in [5.74, 6) is 1.90. The van der Waals surface area contributed by atoms with Crippen molar-refractivity contribution in [3.8, 4) is 0 Å². The molecule has 0 bridgehead atoms. The maximum Gasteiger partial charge on any atom is 0.302 e. The molecule has 0 aromatic heterocycles. The Balaban J connectivity index is 1.70. The molecule has 3 fully saturated rings. The predicted molar refractivity (Wildman–Crippen MR) is 102 cm³/mol. The quantitative estimate of drug-likeness (QED) is 0.679. The van der Waals surface area contributed by atoms with Gasteiger partial charge < -0.3 is 4.74 Å². The second-order valence-corrected chi connectivity index (χ2v) is 9.92. The Hall–Kier alpha value is -1.45. The summed E-state index contributed by atoms with van der Waals surface area (Å²) < 4.78 is 5.72. The zero-order chi connectivity index (χ0) is 19.6. The maximum absolute atomic E-state index is 12.3. The van der Waals surface area contributed by atoms with Crippen molar-refractivity contribution in [3.05, 3.63) is 11.6 Å². The van der Waals surface area contributed by atoms with Crippen molar-refractivity contribution in [2.45, 2.75) is 78.7 Å². The first kappa shape index (κ1) is 18.9. The summed E-state index contributed by atoms with van der Waals surface area (Å²) >= 11 is 0. The molecule has 4 aliphatic rings. The third-order valence-corrected chi connectivity index (χ3v) is 8.84. The molecule has 0 aromatic rings. The maximum atomic E-state index is 12.3. The molecule has 0 N–H and O–H groups in total. The van der Waals surface area contributed by atoms with Crippen LogP contribution in [0.3, 0.4) is 0 Å². The summed E-state index contributed by atoms with van der Waals surface area (Å²) in [4.78, 5) is 36.3. The zero-order valence-electron chi connectivity index (χ0n) is 17.0. The molecule has 0 radical (unpaired) electrons. The largest absolute Gasteiger partial charge is 0.461 e. The SMILES string of the molecule is CC(=O)OC1CC(=O)C=C2CC[C@@H]3[C@H]4CC[C@@H](C(C)=O)[C@]4(C)CC[C@H]3[C@@]21C. The van der Waals surface area contributed by atoms with E-state index in [2.05, 4.69) is 13.8 Å². The molecule has 148 valence electrons. The van der Waals surface area contributed by atoms with Crippen LogP contribution in [0.25, 0.3) is 0 Å². The van der Waals surface area contributed by atoms with Crippen LogP contribution in [0.5, 0.6) is 0 Å². The zero-order valence-corrected chi connectivity index (χ0v) is 17.0. The van der Waals surface area contributed by atoms with Crippen molar-refractivity contribution in [2.24, 2.45) is 34.5 Å². The Labute approximate surface area is 162 Å². The van der Waals surface area contributed by atoms with E-state index in [0.29, 0.717) is 30.0 Å². The molecule has 27 heavy (non-hydrogen) atoms. The Bertz CT molecular complexity index is 722. The number of fused-ring (bicyclic) bond motifs is 5. The Morgan fingerprint density at radius 2 is 1.81 bits per heavy atom. The lowest BCUT2D eigenvalue weighted by Gasteiger charge is -2.59. The minimum Gasteiger partial charge on any atom is -0.461 e. The van der Waals surface area contributed by atoms with Crippen molar-refractivity contribution in [1.29, 1.82) is 0 Å². The number of hydrogen-bond acceptors (Lipinski definition) is 4. The molecule has 4 aliphatic carbocycles. The second kappa shape index (κ2) is 6.28. The van der Waals surface area contributed by atoms with Gasteiger partial charge in [-0.05, 0) is 74.7 Å². The van der Waals surface area contributed by atoms with Crippen LogP contribution >= 0.6 is 0 Å². The molecule has 1 unspecified atom stereocenters. The third kappa shape index (κ3) is 2.66. The van der Waals surface area contributed by atoms with Gasteiger partial charge in [0.2, 0.25) is 0 Å². The van der Waals surface area contributed by atoms with E-state index >= 15 is 0 Å². The minimum atomic E-state index is -0.343. The monoisotopic (exact) mass is 372 g/mol. The lowest BCUT2D eigenvalue weighted by atomic mass is 9.46. The van der Waals surface area contributed by atoms with Crippen molar-refractivity contribution in [2.75, 3.05) is 0 Å². The van der Waals surface area contributed by atoms with Crippen LogP contribution in [0, 0.1) is 34.5 Å². The van der Waals surface area contributed by atoms with Gasteiger partial charge in [0.05, 0.1) is 0 Å². The summed E-state index contributed by atoms with van der Waals surface area (Å²) in [5, 5.41) is 0. The predicted octanol–water partition coefficient (Wildman–Crippen LogP) is 4.27. The molecule has 7 atom stereocenters. The third-order valence-electron chi connectivity index (χ3n) is 8.84. The van der Waals surface area contributed by atoms with Gasteiger partial charge in [-0.1, -0.05) is 19.4 Å². The molecular weight excluding hydrogens is 340 g/mol. The van der Waals surface area contributed by atoms with Gasteiger partial charge >= 0.3 is 5.97 Å². The molecule has 0 saturated heterocycles. The minimum absolute atomic E-state index is 0.0883. The topological polar surface area (TPSA) is 60.4 Å². The number of ketones is 2. The molecule has 4 rings (SSSR count). The highest BCUT2D eigenvalue weighted by atomic mass is 16.5. The van der Waals surface area contributed by atoms with Crippen LogP contribution in [-0.2, 0) is 19.1 Å². The van der Waals surface area contributed by atoms with E-state index in [-0.39, 0.29) is 34.6 Å². The van der Waals surface area contributed by atoms with E-state index in [9.17, 15) is 14.4 Å². The molecule has 0 heterocycles. The van der Waals surface area contributed by atoms with Crippen molar-refractivity contribution < 1.29 is 19.1 Å². The van der Waals surface area contributed by atoms with Gasteiger partial charge in [-0.3, -0.25) is 14.4 Å². The van der Waals surface area contributed by atoms with E-state index in [1.807, 2.05) is 6.08 Å². The van der Waals surface area contributed by atoms with E-state index in [4.69, 9.17) is 4.74 Å². The first-order valence-electron chi connectivity index (χ1n) is 10.6. The van der Waals surface area contributed by atoms with Gasteiger partial charge in [-0.2, -0.15) is 0 Å². The number of hydrogen-bond donors (Lipinski definition) is 0. The van der Waals surface area contributed by atoms with Crippen LogP contribution in [0.2, 0.25) is 0 Å². The lowest BCUT2D eigenvalue weighted by molar-refractivity contribution is -0.164. The van der Waals surface area contributed by atoms with Crippen LogP contribution < -0.4 is 0 Å². The van der Waals surface area contributed by atoms with Crippen molar-refractivity contribution in [3.63, 3.8) is 0 Å². The summed E-state index contributed by atoms with van der Waals surface area (Å²) in [6.45, 7) is 7.78. The summed E-state index contributed by atoms with van der Waals surface area (Å²) in [6.07, 6.45) is 8.09. The van der Waals surface area contributed by atoms with Gasteiger partial charge in [0.1, 0.15) is 11.9 Å². The number of carbonyl (C=O) groups is 3. The second-order valence-electron chi connectivity index (χ2n) is 9.92. The molecule has 0 aliphatic heterocycles. The molecule has 0 amide bonds. The Kier molecular flexibility index (Phi) is 4.40. The number of rotatable bonds is 2. The molecule has 4 nitrogen and oxygen atoms in total. The fourth-order valence-corrected chi connectivity index (χ4v) is 7.62. The van der Waals surface area contributed by atoms with Crippen LogP contribution in [-0.4, -0.2) is 23.6 Å².